The van der Waals surface area contributed by atoms with E-state index >= 15 is 0 Å². The molecule has 3 amide bonds. The lowest BCUT2D eigenvalue weighted by Gasteiger charge is -2.15. The zero-order chi connectivity index (χ0) is 22.4. The molecule has 0 bridgehead atoms. The Morgan fingerprint density at radius 1 is 1.16 bits per heavy atom. The predicted octanol–water partition coefficient (Wildman–Crippen LogP) is 4.55. The number of benzene rings is 2. The third-order valence-corrected chi connectivity index (χ3v) is 5.53. The number of methoxy groups -OCH3 is 1. The highest BCUT2D eigenvalue weighted by atomic mass is 32.2. The molecular formula is C23H24N2O5S. The Morgan fingerprint density at radius 3 is 2.58 bits per heavy atom. The standard InChI is InChI=1S/C23H24N2O5S/c1-4-15(2)30-18-11-10-16(12-19(18)29-3)13-20-22(27)25(23(28)31-20)14-21(26)24-17-8-6-5-7-9-17/h5-13,15H,4,14H2,1-3H3,(H,24,26)/b20-13-/t15-/m1/s1. The second-order valence-corrected chi connectivity index (χ2v) is 7.92. The van der Waals surface area contributed by atoms with Crippen LogP contribution in [-0.2, 0) is 9.59 Å². The fourth-order valence-corrected chi connectivity index (χ4v) is 3.66. The lowest BCUT2D eigenvalue weighted by Crippen LogP contribution is -2.36. The fourth-order valence-electron chi connectivity index (χ4n) is 2.82. The molecule has 0 radical (unpaired) electrons. The second kappa shape index (κ2) is 10.2. The number of nitrogens with zero attached hydrogens (tertiary/aromatic N) is 1. The maximum Gasteiger partial charge on any atom is 0.294 e. The molecule has 1 fully saturated rings. The summed E-state index contributed by atoms with van der Waals surface area (Å²) in [5.41, 5.74) is 1.29. The molecular weight excluding hydrogens is 416 g/mol. The Hall–Kier alpha value is -3.26. The Morgan fingerprint density at radius 2 is 1.90 bits per heavy atom. The quantitative estimate of drug-likeness (QED) is 0.607. The van der Waals surface area contributed by atoms with Gasteiger partial charge >= 0.3 is 0 Å². The largest absolute Gasteiger partial charge is 0.493 e. The number of carbonyl (C=O) groups is 3. The summed E-state index contributed by atoms with van der Waals surface area (Å²) in [6.45, 7) is 3.65. The number of anilines is 1. The van der Waals surface area contributed by atoms with Crippen LogP contribution in [0.4, 0.5) is 10.5 Å². The molecule has 1 aliphatic rings. The fraction of sp³-hybridized carbons (Fsp3) is 0.261. The number of imide groups is 1. The second-order valence-electron chi connectivity index (χ2n) is 6.93. The van der Waals surface area contributed by atoms with E-state index in [1.54, 1.807) is 55.7 Å². The molecule has 1 atom stereocenters. The average molecular weight is 441 g/mol. The number of amides is 3. The van der Waals surface area contributed by atoms with Gasteiger partial charge in [-0.15, -0.1) is 0 Å². The topological polar surface area (TPSA) is 84.9 Å². The summed E-state index contributed by atoms with van der Waals surface area (Å²) in [5.74, 6) is 0.204. The van der Waals surface area contributed by atoms with Crippen LogP contribution in [0.5, 0.6) is 11.5 Å². The Balaban J connectivity index is 1.71. The summed E-state index contributed by atoms with van der Waals surface area (Å²) in [6, 6.07) is 14.2. The summed E-state index contributed by atoms with van der Waals surface area (Å²) in [5, 5.41) is 2.19. The minimum atomic E-state index is -0.503. The van der Waals surface area contributed by atoms with Crippen molar-refractivity contribution in [2.45, 2.75) is 26.4 Å². The number of ether oxygens (including phenoxy) is 2. The van der Waals surface area contributed by atoms with Gasteiger partial charge in [0.1, 0.15) is 6.54 Å². The maximum absolute atomic E-state index is 12.7. The van der Waals surface area contributed by atoms with E-state index in [4.69, 9.17) is 9.47 Å². The van der Waals surface area contributed by atoms with Crippen LogP contribution in [0.25, 0.3) is 6.08 Å². The van der Waals surface area contributed by atoms with Gasteiger partial charge in [0, 0.05) is 5.69 Å². The lowest BCUT2D eigenvalue weighted by atomic mass is 10.1. The number of carbonyl (C=O) groups excluding carboxylic acids is 3. The molecule has 0 saturated carbocycles. The van der Waals surface area contributed by atoms with Crippen molar-refractivity contribution in [2.75, 3.05) is 19.0 Å². The van der Waals surface area contributed by atoms with Crippen molar-refractivity contribution >= 4 is 40.6 Å². The molecule has 162 valence electrons. The van der Waals surface area contributed by atoms with Crippen LogP contribution in [-0.4, -0.2) is 41.7 Å². The number of nitrogens with one attached hydrogen (secondary N) is 1. The monoisotopic (exact) mass is 440 g/mol. The molecule has 8 heteroatoms. The predicted molar refractivity (Wildman–Crippen MR) is 121 cm³/mol. The van der Waals surface area contributed by atoms with Crippen molar-refractivity contribution in [3.8, 4) is 11.5 Å². The van der Waals surface area contributed by atoms with Crippen LogP contribution in [0.1, 0.15) is 25.8 Å². The van der Waals surface area contributed by atoms with Gasteiger partial charge in [0.15, 0.2) is 11.5 Å². The number of para-hydroxylation sites is 1. The van der Waals surface area contributed by atoms with E-state index in [1.165, 1.54) is 0 Å². The SMILES string of the molecule is CC[C@@H](C)Oc1ccc(/C=C2\SC(=O)N(CC(=O)Nc3ccccc3)C2=O)cc1OC. The van der Waals surface area contributed by atoms with Gasteiger partial charge in [0.2, 0.25) is 5.91 Å². The summed E-state index contributed by atoms with van der Waals surface area (Å²) >= 11 is 0.803. The highest BCUT2D eigenvalue weighted by Gasteiger charge is 2.36. The zero-order valence-corrected chi connectivity index (χ0v) is 18.4. The van der Waals surface area contributed by atoms with Gasteiger partial charge in [-0.2, -0.15) is 0 Å². The van der Waals surface area contributed by atoms with Crippen molar-refractivity contribution in [1.29, 1.82) is 0 Å². The zero-order valence-electron chi connectivity index (χ0n) is 17.6. The van der Waals surface area contributed by atoms with E-state index < -0.39 is 17.1 Å². The van der Waals surface area contributed by atoms with Gasteiger partial charge in [-0.1, -0.05) is 31.2 Å². The summed E-state index contributed by atoms with van der Waals surface area (Å²) in [7, 11) is 1.54. The molecule has 2 aromatic carbocycles. The molecule has 3 rings (SSSR count). The van der Waals surface area contributed by atoms with Crippen molar-refractivity contribution < 1.29 is 23.9 Å². The van der Waals surface area contributed by atoms with Crippen LogP contribution in [0.15, 0.2) is 53.4 Å². The molecule has 1 heterocycles. The Labute approximate surface area is 185 Å². The first-order valence-corrected chi connectivity index (χ1v) is 10.7. The summed E-state index contributed by atoms with van der Waals surface area (Å²) < 4.78 is 11.2. The molecule has 1 aliphatic heterocycles. The van der Waals surface area contributed by atoms with Crippen molar-refractivity contribution in [1.82, 2.24) is 4.90 Å². The normalized spacial score (nSPS) is 15.8. The minimum Gasteiger partial charge on any atom is -0.493 e. The van der Waals surface area contributed by atoms with Gasteiger partial charge in [-0.25, -0.2) is 0 Å². The molecule has 1 N–H and O–H groups in total. The van der Waals surface area contributed by atoms with E-state index in [2.05, 4.69) is 5.32 Å². The molecule has 0 unspecified atom stereocenters. The van der Waals surface area contributed by atoms with Gasteiger partial charge < -0.3 is 14.8 Å². The van der Waals surface area contributed by atoms with Crippen LogP contribution in [0.3, 0.4) is 0 Å². The van der Waals surface area contributed by atoms with Gasteiger partial charge in [0.25, 0.3) is 11.1 Å². The third-order valence-electron chi connectivity index (χ3n) is 4.62. The van der Waals surface area contributed by atoms with Crippen molar-refractivity contribution in [2.24, 2.45) is 0 Å². The molecule has 31 heavy (non-hydrogen) atoms. The molecule has 2 aromatic rings. The van der Waals surface area contributed by atoms with E-state index in [0.29, 0.717) is 22.7 Å². The number of thioether (sulfide) groups is 1. The van der Waals surface area contributed by atoms with E-state index in [9.17, 15) is 14.4 Å². The molecule has 0 aliphatic carbocycles. The Bertz CT molecular complexity index is 1010. The van der Waals surface area contributed by atoms with E-state index in [0.717, 1.165) is 23.1 Å². The van der Waals surface area contributed by atoms with Crippen molar-refractivity contribution in [3.05, 3.63) is 59.0 Å². The molecule has 0 spiro atoms. The number of hydrogen-bond donors (Lipinski definition) is 1. The number of hydrogen-bond acceptors (Lipinski definition) is 6. The van der Waals surface area contributed by atoms with Gasteiger partial charge in [-0.3, -0.25) is 19.3 Å². The molecule has 7 nitrogen and oxygen atoms in total. The van der Waals surface area contributed by atoms with E-state index in [1.807, 2.05) is 19.9 Å². The third kappa shape index (κ3) is 5.67. The minimum absolute atomic E-state index is 0.0401. The smallest absolute Gasteiger partial charge is 0.294 e. The van der Waals surface area contributed by atoms with Gasteiger partial charge in [-0.05, 0) is 61.0 Å². The first kappa shape index (κ1) is 22.4. The highest BCUT2D eigenvalue weighted by molar-refractivity contribution is 8.18. The summed E-state index contributed by atoms with van der Waals surface area (Å²) in [4.78, 5) is 38.4. The first-order chi connectivity index (χ1) is 14.9. The van der Waals surface area contributed by atoms with Crippen LogP contribution < -0.4 is 14.8 Å². The van der Waals surface area contributed by atoms with Crippen LogP contribution in [0, 0.1) is 0 Å². The van der Waals surface area contributed by atoms with E-state index in [-0.39, 0.29) is 17.6 Å². The lowest BCUT2D eigenvalue weighted by molar-refractivity contribution is -0.127. The van der Waals surface area contributed by atoms with Crippen molar-refractivity contribution in [3.63, 3.8) is 0 Å². The number of rotatable bonds is 8. The Kier molecular flexibility index (Phi) is 7.36. The highest BCUT2D eigenvalue weighted by Crippen LogP contribution is 2.34. The van der Waals surface area contributed by atoms with Gasteiger partial charge in [0.05, 0.1) is 18.1 Å². The first-order valence-electron chi connectivity index (χ1n) is 9.86. The van der Waals surface area contributed by atoms with Crippen LogP contribution in [0.2, 0.25) is 0 Å². The molecule has 0 aromatic heterocycles. The summed E-state index contributed by atoms with van der Waals surface area (Å²) in [6.07, 6.45) is 2.50. The molecule has 1 saturated heterocycles. The maximum atomic E-state index is 12.7. The average Bonchev–Trinajstić information content (AvgIpc) is 3.02. The van der Waals surface area contributed by atoms with Crippen LogP contribution >= 0.6 is 11.8 Å².